The Morgan fingerprint density at radius 3 is 2.29 bits per heavy atom. The molecule has 1 aromatic carbocycles. The van der Waals surface area contributed by atoms with Crippen molar-refractivity contribution >= 4 is 23.5 Å². The van der Waals surface area contributed by atoms with E-state index in [2.05, 4.69) is 15.4 Å². The van der Waals surface area contributed by atoms with E-state index in [1.165, 1.54) is 4.90 Å². The number of aliphatic hydroxyl groups excluding tert-OH is 1. The number of nitrogens with zero attached hydrogens (tertiary/aromatic N) is 4. The number of aliphatic imine (C=N–C) groups is 1. The molecule has 0 saturated heterocycles. The van der Waals surface area contributed by atoms with Crippen LogP contribution in [0.4, 0.5) is 5.69 Å². The summed E-state index contributed by atoms with van der Waals surface area (Å²) in [6, 6.07) is 9.06. The number of aliphatic hydroxyl groups is 1. The molecule has 0 fully saturated rings. The van der Waals surface area contributed by atoms with Crippen molar-refractivity contribution in [2.75, 3.05) is 12.4 Å². The molecule has 2 aromatic rings. The van der Waals surface area contributed by atoms with Crippen molar-refractivity contribution in [2.24, 2.45) is 17.8 Å². The first-order chi connectivity index (χ1) is 16.6. The molecule has 1 aliphatic heterocycles. The second kappa shape index (κ2) is 15.7. The molecule has 0 aliphatic carbocycles. The second-order valence-corrected chi connectivity index (χ2v) is 7.88. The average molecular weight is 489 g/mol. The van der Waals surface area contributed by atoms with E-state index in [9.17, 15) is 9.59 Å². The molecule has 0 bridgehead atoms. The molecule has 9 heteroatoms. The molecule has 2 heterocycles. The number of aromatic nitrogens is 2. The van der Waals surface area contributed by atoms with Crippen LogP contribution in [0.1, 0.15) is 83.8 Å². The maximum Gasteiger partial charge on any atom is 0.276 e. The van der Waals surface area contributed by atoms with Gasteiger partial charge >= 0.3 is 0 Å². The van der Waals surface area contributed by atoms with Gasteiger partial charge < -0.3 is 16.2 Å². The molecular formula is C26H44N6O3. The van der Waals surface area contributed by atoms with Crippen LogP contribution in [-0.2, 0) is 17.4 Å². The topological polar surface area (TPSA) is 126 Å². The van der Waals surface area contributed by atoms with Crippen LogP contribution in [0.5, 0.6) is 0 Å². The maximum absolute atomic E-state index is 12.4. The number of guanidine groups is 1. The van der Waals surface area contributed by atoms with Crippen LogP contribution in [0.2, 0.25) is 0 Å². The van der Waals surface area contributed by atoms with E-state index < -0.39 is 5.54 Å². The van der Waals surface area contributed by atoms with Crippen LogP contribution in [0.3, 0.4) is 0 Å². The van der Waals surface area contributed by atoms with E-state index in [-0.39, 0.29) is 30.3 Å². The standard InChI is InChI=1S/C19H24N6O2.C3H8O.2C2H6/c1-4-9-19(12-16(26)25(3)18(20)22-19)13-6-5-7-14(11-13)21-17(27)15-8-10-24(2)23-15;1-3(2)4;2*1-2/h5-8,10-11H,4,9,12H2,1-3H3,(H2,20,22)(H,21,27);3-4H,1-2H3;2*1-2H3. The third-order valence-corrected chi connectivity index (χ3v) is 4.76. The van der Waals surface area contributed by atoms with Gasteiger partial charge in [-0.1, -0.05) is 53.2 Å². The van der Waals surface area contributed by atoms with Crippen molar-refractivity contribution in [1.29, 1.82) is 0 Å². The average Bonchev–Trinajstić information content (AvgIpc) is 3.27. The Labute approximate surface area is 210 Å². The van der Waals surface area contributed by atoms with Crippen molar-refractivity contribution in [2.45, 2.75) is 79.4 Å². The zero-order valence-electron chi connectivity index (χ0n) is 22.8. The lowest BCUT2D eigenvalue weighted by molar-refractivity contribution is -0.128. The molecule has 1 unspecified atom stereocenters. The van der Waals surface area contributed by atoms with E-state index in [4.69, 9.17) is 10.8 Å². The Morgan fingerprint density at radius 1 is 1.20 bits per heavy atom. The maximum atomic E-state index is 12.4. The van der Waals surface area contributed by atoms with Gasteiger partial charge in [-0.2, -0.15) is 5.10 Å². The van der Waals surface area contributed by atoms with Crippen molar-refractivity contribution in [3.63, 3.8) is 0 Å². The quantitative estimate of drug-likeness (QED) is 0.579. The van der Waals surface area contributed by atoms with Gasteiger partial charge in [0, 0.05) is 32.1 Å². The van der Waals surface area contributed by atoms with E-state index in [0.717, 1.165) is 12.0 Å². The van der Waals surface area contributed by atoms with Crippen molar-refractivity contribution in [3.05, 3.63) is 47.8 Å². The minimum Gasteiger partial charge on any atom is -0.394 e. The van der Waals surface area contributed by atoms with Gasteiger partial charge in [0.25, 0.3) is 5.91 Å². The van der Waals surface area contributed by atoms with Gasteiger partial charge in [0.15, 0.2) is 11.7 Å². The number of carbonyl (C=O) groups excluding carboxylic acids is 2. The minimum absolute atomic E-state index is 0.0705. The molecule has 0 saturated carbocycles. The second-order valence-electron chi connectivity index (χ2n) is 7.88. The van der Waals surface area contributed by atoms with Crippen molar-refractivity contribution < 1.29 is 14.7 Å². The summed E-state index contributed by atoms with van der Waals surface area (Å²) in [7, 11) is 3.38. The number of nitrogens with one attached hydrogen (secondary N) is 1. The Bertz CT molecular complexity index is 951. The van der Waals surface area contributed by atoms with Crippen LogP contribution in [0, 0.1) is 0 Å². The normalized spacial score (nSPS) is 16.6. The summed E-state index contributed by atoms with van der Waals surface area (Å²) in [5.41, 5.74) is 7.08. The molecule has 2 amide bonds. The largest absolute Gasteiger partial charge is 0.394 e. The molecule has 35 heavy (non-hydrogen) atoms. The molecule has 4 N–H and O–H groups in total. The Kier molecular flexibility index (Phi) is 14.2. The van der Waals surface area contributed by atoms with E-state index in [1.807, 2.05) is 52.8 Å². The van der Waals surface area contributed by atoms with E-state index in [0.29, 0.717) is 17.8 Å². The fourth-order valence-electron chi connectivity index (χ4n) is 3.32. The number of aryl methyl sites for hydroxylation is 1. The number of anilines is 1. The highest BCUT2D eigenvalue weighted by Crippen LogP contribution is 2.38. The van der Waals surface area contributed by atoms with Crippen LogP contribution < -0.4 is 11.1 Å². The van der Waals surface area contributed by atoms with Crippen LogP contribution in [0.25, 0.3) is 0 Å². The van der Waals surface area contributed by atoms with Gasteiger partial charge in [-0.05, 0) is 44.0 Å². The molecule has 1 aromatic heterocycles. The molecule has 3 rings (SSSR count). The van der Waals surface area contributed by atoms with E-state index in [1.54, 1.807) is 51.0 Å². The molecular weight excluding hydrogens is 444 g/mol. The summed E-state index contributed by atoms with van der Waals surface area (Å²) < 4.78 is 1.57. The van der Waals surface area contributed by atoms with Crippen LogP contribution in [-0.4, -0.2) is 50.7 Å². The molecule has 1 atom stereocenters. The van der Waals surface area contributed by atoms with E-state index >= 15 is 0 Å². The lowest BCUT2D eigenvalue weighted by Gasteiger charge is -2.36. The number of nitrogens with two attached hydrogens (primary N) is 1. The highest BCUT2D eigenvalue weighted by atomic mass is 16.3. The zero-order chi connectivity index (χ0) is 27.2. The summed E-state index contributed by atoms with van der Waals surface area (Å²) >= 11 is 0. The third-order valence-electron chi connectivity index (χ3n) is 4.76. The summed E-state index contributed by atoms with van der Waals surface area (Å²) in [5, 5.41) is 15.0. The molecule has 1 aliphatic rings. The number of carbonyl (C=O) groups is 2. The fourth-order valence-corrected chi connectivity index (χ4v) is 3.32. The molecule has 0 spiro atoms. The number of amides is 2. The predicted molar refractivity (Wildman–Crippen MR) is 143 cm³/mol. The van der Waals surface area contributed by atoms with Gasteiger partial charge in [0.05, 0.1) is 12.0 Å². The van der Waals surface area contributed by atoms with Gasteiger partial charge in [-0.15, -0.1) is 0 Å². The molecule has 0 radical (unpaired) electrons. The van der Waals surface area contributed by atoms with Crippen molar-refractivity contribution in [3.8, 4) is 0 Å². The van der Waals surface area contributed by atoms with Crippen LogP contribution >= 0.6 is 0 Å². The van der Waals surface area contributed by atoms with Crippen LogP contribution in [0.15, 0.2) is 41.5 Å². The third kappa shape index (κ3) is 9.52. The highest BCUT2D eigenvalue weighted by Gasteiger charge is 2.39. The monoisotopic (exact) mass is 488 g/mol. The summed E-state index contributed by atoms with van der Waals surface area (Å²) in [6.45, 7) is 13.5. The van der Waals surface area contributed by atoms with Gasteiger partial charge in [-0.25, -0.2) is 4.99 Å². The Hall–Kier alpha value is -3.20. The first kappa shape index (κ1) is 31.8. The summed E-state index contributed by atoms with van der Waals surface area (Å²) in [5.74, 6) is -0.152. The lowest BCUT2D eigenvalue weighted by Crippen LogP contribution is -2.48. The fraction of sp³-hybridized carbons (Fsp3) is 0.538. The number of hydrogen-bond donors (Lipinski definition) is 3. The Morgan fingerprint density at radius 2 is 1.80 bits per heavy atom. The van der Waals surface area contributed by atoms with Gasteiger partial charge in [0.2, 0.25) is 5.91 Å². The highest BCUT2D eigenvalue weighted by molar-refractivity contribution is 6.03. The van der Waals surface area contributed by atoms with Crippen molar-refractivity contribution in [1.82, 2.24) is 14.7 Å². The number of benzene rings is 1. The van der Waals surface area contributed by atoms with Gasteiger partial charge in [0.1, 0.15) is 0 Å². The predicted octanol–water partition coefficient (Wildman–Crippen LogP) is 4.28. The first-order valence-corrected chi connectivity index (χ1v) is 12.3. The molecule has 9 nitrogen and oxygen atoms in total. The minimum atomic E-state index is -0.714. The lowest BCUT2D eigenvalue weighted by atomic mass is 9.81. The summed E-state index contributed by atoms with van der Waals surface area (Å²) in [6.07, 6.45) is 3.32. The zero-order valence-corrected chi connectivity index (χ0v) is 22.8. The number of rotatable bonds is 5. The smallest absolute Gasteiger partial charge is 0.276 e. The number of hydrogen-bond acceptors (Lipinski definition) is 6. The Balaban J connectivity index is 0.00000129. The summed E-state index contributed by atoms with van der Waals surface area (Å²) in [4.78, 5) is 30.8. The van der Waals surface area contributed by atoms with Gasteiger partial charge in [-0.3, -0.25) is 19.2 Å². The SMILES string of the molecule is CC.CC.CC(C)O.CCCC1(c2cccc(NC(=O)c3ccn(C)n3)c2)CC(=O)N(C)C(N)=N1. The first-order valence-electron chi connectivity index (χ1n) is 12.3. The molecule has 196 valence electrons.